The van der Waals surface area contributed by atoms with Crippen LogP contribution in [0.15, 0.2) is 41.7 Å². The van der Waals surface area contributed by atoms with Gasteiger partial charge in [-0.25, -0.2) is 4.98 Å². The van der Waals surface area contributed by atoms with Crippen molar-refractivity contribution in [1.29, 1.82) is 0 Å². The Balaban J connectivity index is 1.35. The van der Waals surface area contributed by atoms with Crippen molar-refractivity contribution in [2.75, 3.05) is 18.2 Å². The van der Waals surface area contributed by atoms with Gasteiger partial charge < -0.3 is 15.3 Å². The number of phenolic OH excluding ortho intramolecular Hbond substituents is 1. The SMILES string of the molecule is CSc1cc(-c2ccc(-c3ncc(N(C)C4C[C@]5(C)CCC[C@](C)(C4)N5)nn3)c(O)c2)cnn1. The predicted octanol–water partition coefficient (Wildman–Crippen LogP) is 4.31. The Morgan fingerprint density at radius 3 is 2.44 bits per heavy atom. The largest absolute Gasteiger partial charge is 0.507 e. The number of benzene rings is 1. The molecule has 5 rings (SSSR count). The van der Waals surface area contributed by atoms with E-state index in [2.05, 4.69) is 56.5 Å². The summed E-state index contributed by atoms with van der Waals surface area (Å²) in [4.78, 5) is 6.76. The zero-order chi connectivity index (χ0) is 23.9. The second-order valence-electron chi connectivity index (χ2n) is 10.1. The molecule has 3 aromatic rings. The van der Waals surface area contributed by atoms with Crippen LogP contribution in [-0.2, 0) is 0 Å². The highest BCUT2D eigenvalue weighted by Crippen LogP contribution is 2.41. The zero-order valence-electron chi connectivity index (χ0n) is 20.1. The lowest BCUT2D eigenvalue weighted by Gasteiger charge is -2.55. The van der Waals surface area contributed by atoms with Crippen molar-refractivity contribution in [2.24, 2.45) is 0 Å². The second kappa shape index (κ2) is 8.78. The molecule has 0 spiro atoms. The third-order valence-corrected chi connectivity index (χ3v) is 7.92. The van der Waals surface area contributed by atoms with Crippen LogP contribution in [0.5, 0.6) is 5.75 Å². The molecule has 8 nitrogen and oxygen atoms in total. The molecule has 0 amide bonds. The number of nitrogens with one attached hydrogen (secondary N) is 1. The van der Waals surface area contributed by atoms with Crippen LogP contribution in [0.2, 0.25) is 0 Å². The van der Waals surface area contributed by atoms with E-state index >= 15 is 0 Å². The molecule has 1 unspecified atom stereocenters. The molecule has 2 saturated heterocycles. The number of piperidine rings is 2. The van der Waals surface area contributed by atoms with Gasteiger partial charge in [-0.15, -0.1) is 27.1 Å². The number of anilines is 1. The first kappa shape index (κ1) is 23.0. The van der Waals surface area contributed by atoms with Crippen molar-refractivity contribution < 1.29 is 5.11 Å². The fourth-order valence-electron chi connectivity index (χ4n) is 5.66. The summed E-state index contributed by atoms with van der Waals surface area (Å²) in [5.74, 6) is 1.26. The predicted molar refractivity (Wildman–Crippen MR) is 135 cm³/mol. The summed E-state index contributed by atoms with van der Waals surface area (Å²) in [6, 6.07) is 7.78. The normalized spacial score (nSPS) is 26.3. The minimum absolute atomic E-state index is 0.106. The van der Waals surface area contributed by atoms with Crippen molar-refractivity contribution >= 4 is 17.6 Å². The van der Waals surface area contributed by atoms with Gasteiger partial charge in [-0.2, -0.15) is 5.10 Å². The van der Waals surface area contributed by atoms with Gasteiger partial charge in [-0.3, -0.25) is 0 Å². The molecule has 2 aliphatic heterocycles. The smallest absolute Gasteiger partial charge is 0.185 e. The molecule has 2 bridgehead atoms. The Kier molecular flexibility index (Phi) is 5.93. The zero-order valence-corrected chi connectivity index (χ0v) is 20.9. The molecule has 178 valence electrons. The van der Waals surface area contributed by atoms with Crippen LogP contribution in [0.3, 0.4) is 0 Å². The van der Waals surface area contributed by atoms with Crippen LogP contribution >= 0.6 is 11.8 Å². The van der Waals surface area contributed by atoms with E-state index in [9.17, 15) is 5.11 Å². The van der Waals surface area contributed by atoms with Crippen LogP contribution in [-0.4, -0.2) is 60.9 Å². The Morgan fingerprint density at radius 2 is 1.79 bits per heavy atom. The van der Waals surface area contributed by atoms with E-state index in [1.165, 1.54) is 31.0 Å². The maximum absolute atomic E-state index is 10.7. The van der Waals surface area contributed by atoms with E-state index in [0.29, 0.717) is 17.4 Å². The van der Waals surface area contributed by atoms with Crippen molar-refractivity contribution in [3.05, 3.63) is 36.7 Å². The number of phenols is 1. The molecule has 0 radical (unpaired) electrons. The van der Waals surface area contributed by atoms with Crippen LogP contribution < -0.4 is 10.2 Å². The number of aromatic nitrogens is 5. The van der Waals surface area contributed by atoms with E-state index in [-0.39, 0.29) is 16.8 Å². The first-order valence-electron chi connectivity index (χ1n) is 11.7. The number of aromatic hydroxyl groups is 1. The maximum atomic E-state index is 10.7. The molecule has 2 aromatic heterocycles. The van der Waals surface area contributed by atoms with E-state index < -0.39 is 0 Å². The summed E-state index contributed by atoms with van der Waals surface area (Å²) in [7, 11) is 2.08. The van der Waals surface area contributed by atoms with Gasteiger partial charge in [-0.1, -0.05) is 6.07 Å². The van der Waals surface area contributed by atoms with Gasteiger partial charge in [0.05, 0.1) is 18.0 Å². The lowest BCUT2D eigenvalue weighted by Crippen LogP contribution is -2.66. The van der Waals surface area contributed by atoms with Gasteiger partial charge in [0.1, 0.15) is 10.8 Å². The van der Waals surface area contributed by atoms with Crippen LogP contribution in [0, 0.1) is 0 Å². The number of nitrogens with zero attached hydrogens (tertiary/aromatic N) is 6. The molecule has 0 aliphatic carbocycles. The lowest BCUT2D eigenvalue weighted by atomic mass is 9.69. The number of thioether (sulfide) groups is 1. The first-order valence-corrected chi connectivity index (χ1v) is 12.9. The quantitative estimate of drug-likeness (QED) is 0.521. The fraction of sp³-hybridized carbons (Fsp3) is 0.480. The van der Waals surface area contributed by atoms with E-state index in [1.54, 1.807) is 18.5 Å². The molecular weight excluding hydrogens is 446 g/mol. The van der Waals surface area contributed by atoms with E-state index in [1.807, 2.05) is 24.5 Å². The van der Waals surface area contributed by atoms with E-state index in [0.717, 1.165) is 34.8 Å². The van der Waals surface area contributed by atoms with Crippen molar-refractivity contribution in [3.63, 3.8) is 0 Å². The van der Waals surface area contributed by atoms with Crippen LogP contribution in [0.25, 0.3) is 22.5 Å². The van der Waals surface area contributed by atoms with Gasteiger partial charge >= 0.3 is 0 Å². The molecule has 34 heavy (non-hydrogen) atoms. The molecule has 4 heterocycles. The summed E-state index contributed by atoms with van der Waals surface area (Å²) >= 11 is 1.53. The van der Waals surface area contributed by atoms with Gasteiger partial charge in [0, 0.05) is 29.7 Å². The molecule has 2 fully saturated rings. The Bertz CT molecular complexity index is 1170. The lowest BCUT2D eigenvalue weighted by molar-refractivity contribution is 0.0784. The van der Waals surface area contributed by atoms with Gasteiger partial charge in [0.25, 0.3) is 0 Å². The minimum Gasteiger partial charge on any atom is -0.507 e. The third-order valence-electron chi connectivity index (χ3n) is 7.30. The summed E-state index contributed by atoms with van der Waals surface area (Å²) in [6.07, 6.45) is 11.3. The summed E-state index contributed by atoms with van der Waals surface area (Å²) in [5, 5.41) is 32.3. The molecular formula is C25H31N7OS. The number of rotatable bonds is 5. The number of fused-ring (bicyclic) bond motifs is 2. The summed E-state index contributed by atoms with van der Waals surface area (Å²) in [5.41, 5.74) is 2.63. The topological polar surface area (TPSA) is 100.0 Å². The first-order chi connectivity index (χ1) is 16.3. The Labute approximate surface area is 204 Å². The van der Waals surface area contributed by atoms with Crippen molar-refractivity contribution in [1.82, 2.24) is 30.7 Å². The number of hydrogen-bond acceptors (Lipinski definition) is 9. The molecule has 3 atom stereocenters. The number of hydrogen-bond donors (Lipinski definition) is 2. The highest BCUT2D eigenvalue weighted by Gasteiger charge is 2.46. The van der Waals surface area contributed by atoms with Gasteiger partial charge in [-0.05, 0) is 76.0 Å². The summed E-state index contributed by atoms with van der Waals surface area (Å²) in [6.45, 7) is 4.68. The molecule has 9 heteroatoms. The average molecular weight is 478 g/mol. The van der Waals surface area contributed by atoms with E-state index in [4.69, 9.17) is 0 Å². The molecule has 2 N–H and O–H groups in total. The van der Waals surface area contributed by atoms with Gasteiger partial charge in [0.15, 0.2) is 11.6 Å². The monoisotopic (exact) mass is 477 g/mol. The van der Waals surface area contributed by atoms with Crippen molar-refractivity contribution in [2.45, 2.75) is 68.1 Å². The van der Waals surface area contributed by atoms with Crippen LogP contribution in [0.4, 0.5) is 5.82 Å². The average Bonchev–Trinajstić information content (AvgIpc) is 2.82. The Hall–Kier alpha value is -2.78. The third kappa shape index (κ3) is 4.46. The standard InChI is InChI=1S/C25H31N7OS/c1-24-8-5-9-25(2,31-24)13-18(12-24)32(3)21-15-26-23(30-28-21)19-7-6-16(10-20(19)33)17-11-22(34-4)29-27-14-17/h6-7,10-11,14-15,18,31,33H,5,8-9,12-13H2,1-4H3/t18?,24-,25+. The molecule has 1 aromatic carbocycles. The minimum atomic E-state index is 0.106. The highest BCUT2D eigenvalue weighted by molar-refractivity contribution is 7.98. The highest BCUT2D eigenvalue weighted by atomic mass is 32.2. The van der Waals surface area contributed by atoms with Crippen LogP contribution in [0.1, 0.15) is 46.0 Å². The Morgan fingerprint density at radius 1 is 1.03 bits per heavy atom. The maximum Gasteiger partial charge on any atom is 0.185 e. The summed E-state index contributed by atoms with van der Waals surface area (Å²) < 4.78 is 0. The second-order valence-corrected chi connectivity index (χ2v) is 11.0. The van der Waals surface area contributed by atoms with Gasteiger partial charge in [0.2, 0.25) is 0 Å². The molecule has 2 aliphatic rings. The fourth-order valence-corrected chi connectivity index (χ4v) is 6.03. The molecule has 0 saturated carbocycles. The van der Waals surface area contributed by atoms with Crippen molar-refractivity contribution in [3.8, 4) is 28.3 Å².